The first-order chi connectivity index (χ1) is 13.9. The lowest BCUT2D eigenvalue weighted by molar-refractivity contribution is 0.191. The van der Waals surface area contributed by atoms with Crippen molar-refractivity contribution in [2.45, 2.75) is 11.3 Å². The van der Waals surface area contributed by atoms with Gasteiger partial charge in [-0.3, -0.25) is 0 Å². The lowest BCUT2D eigenvalue weighted by Crippen LogP contribution is -2.48. The van der Waals surface area contributed by atoms with Gasteiger partial charge in [0.15, 0.2) is 0 Å². The van der Waals surface area contributed by atoms with Gasteiger partial charge in [-0.1, -0.05) is 65.7 Å². The molecule has 1 saturated heterocycles. The summed E-state index contributed by atoms with van der Waals surface area (Å²) in [5, 5.41) is 0.332. The monoisotopic (exact) mass is 454 g/mol. The van der Waals surface area contributed by atoms with Gasteiger partial charge in [-0.2, -0.15) is 4.31 Å². The van der Waals surface area contributed by atoms with Crippen molar-refractivity contribution in [1.82, 2.24) is 9.21 Å². The van der Waals surface area contributed by atoms with Gasteiger partial charge in [-0.05, 0) is 18.1 Å². The van der Waals surface area contributed by atoms with Crippen LogP contribution in [0.5, 0.6) is 5.75 Å². The van der Waals surface area contributed by atoms with Gasteiger partial charge in [0.25, 0.3) is 0 Å². The van der Waals surface area contributed by atoms with Crippen LogP contribution in [0.3, 0.4) is 0 Å². The zero-order valence-electron chi connectivity index (χ0n) is 16.2. The second-order valence-electron chi connectivity index (χ2n) is 6.76. The Balaban J connectivity index is 1.56. The van der Waals surface area contributed by atoms with Crippen molar-refractivity contribution in [2.24, 2.45) is 0 Å². The maximum atomic E-state index is 13.0. The minimum Gasteiger partial charge on any atom is -0.495 e. The number of ether oxygens (including phenoxy) is 1. The molecule has 2 aromatic carbocycles. The third-order valence-electron chi connectivity index (χ3n) is 4.88. The minimum absolute atomic E-state index is 0.0178. The molecule has 0 radical (unpaired) electrons. The average Bonchev–Trinajstić information content (AvgIpc) is 2.73. The molecule has 0 spiro atoms. The molecule has 156 valence electrons. The standard InChI is InChI=1S/C21H24Cl2N2O3S/c1-28-20-15-19(23)21(16-18(20)22)29(26,27)25-13-11-24(12-14-25)10-6-5-9-17-7-3-2-4-8-17/h2-5,7-9,15-16H,6,10-14H2,1H3/b9-5+. The predicted octanol–water partition coefficient (Wildman–Crippen LogP) is 4.41. The van der Waals surface area contributed by atoms with E-state index in [0.717, 1.165) is 13.0 Å². The molecule has 8 heteroatoms. The zero-order valence-corrected chi connectivity index (χ0v) is 18.6. The van der Waals surface area contributed by atoms with E-state index in [-0.39, 0.29) is 14.9 Å². The Morgan fingerprint density at radius 1 is 1.03 bits per heavy atom. The number of sulfonamides is 1. The molecule has 0 aliphatic carbocycles. The van der Waals surface area contributed by atoms with Gasteiger partial charge in [0.1, 0.15) is 10.6 Å². The van der Waals surface area contributed by atoms with Crippen LogP contribution in [0.2, 0.25) is 10.0 Å². The van der Waals surface area contributed by atoms with E-state index in [1.165, 1.54) is 29.1 Å². The van der Waals surface area contributed by atoms with Gasteiger partial charge in [0, 0.05) is 38.8 Å². The van der Waals surface area contributed by atoms with Crippen molar-refractivity contribution < 1.29 is 13.2 Å². The minimum atomic E-state index is -3.70. The number of piperazine rings is 1. The highest BCUT2D eigenvalue weighted by Crippen LogP contribution is 2.34. The van der Waals surface area contributed by atoms with E-state index in [4.69, 9.17) is 27.9 Å². The molecule has 1 heterocycles. The van der Waals surface area contributed by atoms with E-state index < -0.39 is 10.0 Å². The molecule has 5 nitrogen and oxygen atoms in total. The summed E-state index contributed by atoms with van der Waals surface area (Å²) >= 11 is 12.3. The highest BCUT2D eigenvalue weighted by Gasteiger charge is 2.30. The summed E-state index contributed by atoms with van der Waals surface area (Å²) in [5.41, 5.74) is 1.18. The zero-order chi connectivity index (χ0) is 20.9. The Morgan fingerprint density at radius 3 is 2.38 bits per heavy atom. The van der Waals surface area contributed by atoms with Crippen molar-refractivity contribution in [2.75, 3.05) is 39.8 Å². The first-order valence-electron chi connectivity index (χ1n) is 9.39. The van der Waals surface area contributed by atoms with Crippen LogP contribution in [0.4, 0.5) is 0 Å². The van der Waals surface area contributed by atoms with Crippen LogP contribution in [0.25, 0.3) is 6.08 Å². The second kappa shape index (κ2) is 9.96. The van der Waals surface area contributed by atoms with Gasteiger partial charge < -0.3 is 9.64 Å². The fourth-order valence-electron chi connectivity index (χ4n) is 3.24. The summed E-state index contributed by atoms with van der Waals surface area (Å²) in [4.78, 5) is 2.29. The Kier molecular flexibility index (Phi) is 7.60. The van der Waals surface area contributed by atoms with Crippen LogP contribution in [0.1, 0.15) is 12.0 Å². The summed E-state index contributed by atoms with van der Waals surface area (Å²) < 4.78 is 32.5. The number of rotatable bonds is 7. The van der Waals surface area contributed by atoms with Crippen LogP contribution >= 0.6 is 23.2 Å². The third kappa shape index (κ3) is 5.53. The van der Waals surface area contributed by atoms with Crippen molar-refractivity contribution >= 4 is 39.3 Å². The maximum Gasteiger partial charge on any atom is 0.244 e. The van der Waals surface area contributed by atoms with E-state index in [1.54, 1.807) is 0 Å². The van der Waals surface area contributed by atoms with E-state index in [9.17, 15) is 8.42 Å². The topological polar surface area (TPSA) is 49.9 Å². The predicted molar refractivity (Wildman–Crippen MR) is 118 cm³/mol. The molecule has 0 amide bonds. The smallest absolute Gasteiger partial charge is 0.244 e. The fourth-order valence-corrected chi connectivity index (χ4v) is 5.48. The number of nitrogens with zero attached hydrogens (tertiary/aromatic N) is 2. The Labute approximate surface area is 182 Å². The first-order valence-corrected chi connectivity index (χ1v) is 11.6. The summed E-state index contributed by atoms with van der Waals surface area (Å²) in [6.45, 7) is 3.10. The Morgan fingerprint density at radius 2 is 1.72 bits per heavy atom. The van der Waals surface area contributed by atoms with Crippen LogP contribution in [0, 0.1) is 0 Å². The lowest BCUT2D eigenvalue weighted by atomic mass is 10.2. The number of hydrogen-bond acceptors (Lipinski definition) is 4. The third-order valence-corrected chi connectivity index (χ3v) is 7.54. The summed E-state index contributed by atoms with van der Waals surface area (Å²) in [7, 11) is -2.25. The van der Waals surface area contributed by atoms with Gasteiger partial charge in [-0.25, -0.2) is 8.42 Å². The van der Waals surface area contributed by atoms with Gasteiger partial charge in [-0.15, -0.1) is 0 Å². The number of halogens is 2. The van der Waals surface area contributed by atoms with Crippen LogP contribution < -0.4 is 4.74 Å². The SMILES string of the molecule is COc1cc(Cl)c(S(=O)(=O)N2CCN(CC/C=C/c3ccccc3)CC2)cc1Cl. The molecule has 1 aliphatic heterocycles. The number of hydrogen-bond donors (Lipinski definition) is 0. The Bertz CT molecular complexity index is 957. The largest absolute Gasteiger partial charge is 0.495 e. The Hall–Kier alpha value is -1.57. The molecule has 0 unspecified atom stereocenters. The molecule has 0 saturated carbocycles. The summed E-state index contributed by atoms with van der Waals surface area (Å²) in [5.74, 6) is 0.351. The molecule has 3 rings (SSSR count). The highest BCUT2D eigenvalue weighted by molar-refractivity contribution is 7.89. The molecule has 0 atom stereocenters. The second-order valence-corrected chi connectivity index (χ2v) is 9.49. The maximum absolute atomic E-state index is 13.0. The quantitative estimate of drug-likeness (QED) is 0.621. The van der Waals surface area contributed by atoms with E-state index in [0.29, 0.717) is 31.9 Å². The number of methoxy groups -OCH3 is 1. The van der Waals surface area contributed by atoms with Crippen molar-refractivity contribution in [3.8, 4) is 5.75 Å². The molecule has 29 heavy (non-hydrogen) atoms. The highest BCUT2D eigenvalue weighted by atomic mass is 35.5. The van der Waals surface area contributed by atoms with E-state index in [1.807, 2.05) is 18.2 Å². The van der Waals surface area contributed by atoms with Gasteiger partial charge in [0.05, 0.1) is 17.2 Å². The molecular formula is C21H24Cl2N2O3S. The fraction of sp³-hybridized carbons (Fsp3) is 0.333. The molecule has 1 fully saturated rings. The molecular weight excluding hydrogens is 431 g/mol. The molecule has 2 aromatic rings. The van der Waals surface area contributed by atoms with Crippen molar-refractivity contribution in [3.05, 3.63) is 64.1 Å². The summed E-state index contributed by atoms with van der Waals surface area (Å²) in [6.07, 6.45) is 5.18. The molecule has 0 N–H and O–H groups in total. The average molecular weight is 455 g/mol. The van der Waals surface area contributed by atoms with Crippen molar-refractivity contribution in [1.29, 1.82) is 0 Å². The van der Waals surface area contributed by atoms with Crippen molar-refractivity contribution in [3.63, 3.8) is 0 Å². The first kappa shape index (κ1) is 22.1. The van der Waals surface area contributed by atoms with E-state index in [2.05, 4.69) is 29.2 Å². The number of benzene rings is 2. The van der Waals surface area contributed by atoms with Crippen LogP contribution in [0.15, 0.2) is 53.4 Å². The van der Waals surface area contributed by atoms with Crippen LogP contribution in [-0.4, -0.2) is 57.5 Å². The normalized spacial score (nSPS) is 16.4. The van der Waals surface area contributed by atoms with Gasteiger partial charge in [0.2, 0.25) is 10.0 Å². The molecule has 0 aromatic heterocycles. The van der Waals surface area contributed by atoms with Crippen LogP contribution in [-0.2, 0) is 10.0 Å². The molecule has 0 bridgehead atoms. The molecule has 1 aliphatic rings. The van der Waals surface area contributed by atoms with Gasteiger partial charge >= 0.3 is 0 Å². The summed E-state index contributed by atoms with van der Waals surface area (Å²) in [6, 6.07) is 13.0. The van der Waals surface area contributed by atoms with E-state index >= 15 is 0 Å². The lowest BCUT2D eigenvalue weighted by Gasteiger charge is -2.34.